The van der Waals surface area contributed by atoms with Crippen molar-refractivity contribution in [1.82, 2.24) is 10.3 Å². The maximum Gasteiger partial charge on any atom is 0.268 e. The molecule has 0 radical (unpaired) electrons. The Bertz CT molecular complexity index is 428. The summed E-state index contributed by atoms with van der Waals surface area (Å²) in [5.41, 5.74) is 17.7. The van der Waals surface area contributed by atoms with Crippen molar-refractivity contribution in [2.75, 3.05) is 13.6 Å². The molecule has 0 aromatic rings. The second kappa shape index (κ2) is 9.65. The molecule has 1 unspecified atom stereocenters. The van der Waals surface area contributed by atoms with E-state index >= 15 is 0 Å². The third-order valence-corrected chi connectivity index (χ3v) is 2.51. The average molecular weight is 300 g/mol. The van der Waals surface area contributed by atoms with E-state index in [-0.39, 0.29) is 18.7 Å². The summed E-state index contributed by atoms with van der Waals surface area (Å²) in [6, 6.07) is 0. The molecule has 21 heavy (non-hydrogen) atoms. The van der Waals surface area contributed by atoms with Crippen LogP contribution >= 0.6 is 0 Å². The number of likely N-dealkylation sites (N-methyl/N-ethyl adjacent to an activating group) is 1. The van der Waals surface area contributed by atoms with Gasteiger partial charge in [-0.05, 0) is 31.9 Å². The van der Waals surface area contributed by atoms with Crippen LogP contribution in [0.4, 0.5) is 4.39 Å². The maximum absolute atomic E-state index is 13.7. The normalized spacial score (nSPS) is 14.8. The predicted octanol–water partition coefficient (Wildman–Crippen LogP) is -0.468. The second-order valence-corrected chi connectivity index (χ2v) is 4.65. The summed E-state index contributed by atoms with van der Waals surface area (Å²) in [4.78, 5) is 11.2. The quantitative estimate of drug-likeness (QED) is 0.178. The molecule has 0 aliphatic heterocycles. The zero-order valence-electron chi connectivity index (χ0n) is 12.5. The third-order valence-electron chi connectivity index (χ3n) is 2.51. The van der Waals surface area contributed by atoms with Gasteiger partial charge in [0.2, 0.25) is 0 Å². The van der Waals surface area contributed by atoms with Gasteiger partial charge in [0.15, 0.2) is 0 Å². The zero-order chi connectivity index (χ0) is 16.4. The second-order valence-electron chi connectivity index (χ2n) is 4.65. The van der Waals surface area contributed by atoms with Crippen LogP contribution in [0.3, 0.4) is 0 Å². The van der Waals surface area contributed by atoms with Crippen molar-refractivity contribution in [3.8, 4) is 0 Å². The summed E-state index contributed by atoms with van der Waals surface area (Å²) >= 11 is 0. The molecule has 9 N–H and O–H groups in total. The molecule has 0 rings (SSSR count). The average Bonchev–Trinajstić information content (AvgIpc) is 2.41. The zero-order valence-corrected chi connectivity index (χ0v) is 12.5. The number of hydrazine groups is 1. The fourth-order valence-corrected chi connectivity index (χ4v) is 1.40. The number of hydrogen-bond donors (Lipinski definition) is 5. The van der Waals surface area contributed by atoms with Crippen LogP contribution in [0.5, 0.6) is 0 Å². The largest absolute Gasteiger partial charge is 0.402 e. The van der Waals surface area contributed by atoms with E-state index in [0.29, 0.717) is 17.8 Å². The molecule has 0 fully saturated rings. The van der Waals surface area contributed by atoms with Crippen LogP contribution in [0, 0.1) is 0 Å². The van der Waals surface area contributed by atoms with Crippen molar-refractivity contribution in [3.63, 3.8) is 0 Å². The first kappa shape index (κ1) is 18.8. The molecule has 0 aromatic carbocycles. The van der Waals surface area contributed by atoms with Crippen LogP contribution in [0.2, 0.25) is 0 Å². The summed E-state index contributed by atoms with van der Waals surface area (Å²) in [6.45, 7) is 1.65. The first-order valence-corrected chi connectivity index (χ1v) is 6.49. The van der Waals surface area contributed by atoms with E-state index in [4.69, 9.17) is 23.0 Å². The summed E-state index contributed by atoms with van der Waals surface area (Å²) in [5.74, 6) is 5.08. The highest BCUT2D eigenvalue weighted by atomic mass is 19.1. The van der Waals surface area contributed by atoms with E-state index in [1.165, 1.54) is 13.2 Å². The lowest BCUT2D eigenvalue weighted by Crippen LogP contribution is -2.35. The number of carbonyl (C=O) groups excluding carboxylic acids is 1. The van der Waals surface area contributed by atoms with Gasteiger partial charge in [-0.2, -0.15) is 0 Å². The van der Waals surface area contributed by atoms with Crippen LogP contribution in [0.25, 0.3) is 0 Å². The maximum atomic E-state index is 13.7. The Morgan fingerprint density at radius 2 is 1.95 bits per heavy atom. The Balaban J connectivity index is 4.26. The van der Waals surface area contributed by atoms with Crippen molar-refractivity contribution in [2.24, 2.45) is 23.0 Å². The molecule has 0 spiro atoms. The van der Waals surface area contributed by atoms with Crippen LogP contribution in [0.15, 0.2) is 35.4 Å². The number of rotatable bonds is 8. The van der Waals surface area contributed by atoms with Gasteiger partial charge in [-0.3, -0.25) is 4.79 Å². The SMILES string of the molecule is CNC(=O)/C(N)=C/N(N)CC(F)CC/C(N)=C/C=C(/C)N. The van der Waals surface area contributed by atoms with Crippen molar-refractivity contribution >= 4 is 5.91 Å². The minimum Gasteiger partial charge on any atom is -0.402 e. The van der Waals surface area contributed by atoms with Gasteiger partial charge in [0.05, 0.1) is 6.54 Å². The standard InChI is InChI=1S/C13H25FN6O/c1-9(15)3-5-11(16)6-4-10(14)7-20(18)8-12(17)13(21)19-2/h3,5,8,10H,4,6-7,15-18H2,1-2H3,(H,19,21)/b9-3-,11-5-,12-8-. The van der Waals surface area contributed by atoms with Gasteiger partial charge in [0.25, 0.3) is 5.91 Å². The minimum absolute atomic E-state index is 0.0866. The van der Waals surface area contributed by atoms with Gasteiger partial charge >= 0.3 is 0 Å². The molecule has 1 atom stereocenters. The summed E-state index contributed by atoms with van der Waals surface area (Å²) < 4.78 is 13.7. The topological polar surface area (TPSA) is 136 Å². The Labute approximate surface area is 124 Å². The van der Waals surface area contributed by atoms with Gasteiger partial charge < -0.3 is 27.5 Å². The van der Waals surface area contributed by atoms with Gasteiger partial charge in [-0.15, -0.1) is 0 Å². The number of nitrogens with zero attached hydrogens (tertiary/aromatic N) is 1. The number of halogens is 1. The monoisotopic (exact) mass is 300 g/mol. The molecular weight excluding hydrogens is 275 g/mol. The summed E-state index contributed by atoms with van der Waals surface area (Å²) in [7, 11) is 1.44. The first-order valence-electron chi connectivity index (χ1n) is 6.49. The fraction of sp³-hybridized carbons (Fsp3) is 0.462. The van der Waals surface area contributed by atoms with Gasteiger partial charge in [0, 0.05) is 24.6 Å². The van der Waals surface area contributed by atoms with E-state index in [9.17, 15) is 9.18 Å². The van der Waals surface area contributed by atoms with E-state index in [2.05, 4.69) is 5.32 Å². The Morgan fingerprint density at radius 1 is 1.33 bits per heavy atom. The predicted molar refractivity (Wildman–Crippen MR) is 81.6 cm³/mol. The molecule has 0 saturated carbocycles. The Kier molecular flexibility index (Phi) is 8.63. The van der Waals surface area contributed by atoms with Gasteiger partial charge in [-0.25, -0.2) is 10.2 Å². The van der Waals surface area contributed by atoms with E-state index in [1.807, 2.05) is 0 Å². The van der Waals surface area contributed by atoms with E-state index in [1.54, 1.807) is 19.1 Å². The molecule has 0 saturated heterocycles. The molecule has 8 heteroatoms. The lowest BCUT2D eigenvalue weighted by Gasteiger charge is -2.17. The molecule has 0 aliphatic rings. The number of carbonyl (C=O) groups is 1. The van der Waals surface area contributed by atoms with Crippen molar-refractivity contribution < 1.29 is 9.18 Å². The van der Waals surface area contributed by atoms with Gasteiger partial charge in [-0.1, -0.05) is 0 Å². The molecule has 120 valence electrons. The molecular formula is C13H25FN6O. The highest BCUT2D eigenvalue weighted by Crippen LogP contribution is 2.08. The molecule has 7 nitrogen and oxygen atoms in total. The highest BCUT2D eigenvalue weighted by molar-refractivity contribution is 5.91. The molecule has 0 aromatic heterocycles. The molecule has 0 aliphatic carbocycles. The first-order chi connectivity index (χ1) is 9.76. The number of allylic oxidation sites excluding steroid dienone is 4. The van der Waals surface area contributed by atoms with Crippen molar-refractivity contribution in [3.05, 3.63) is 35.4 Å². The lowest BCUT2D eigenvalue weighted by atomic mass is 10.1. The summed E-state index contributed by atoms with van der Waals surface area (Å²) in [5, 5.41) is 3.38. The van der Waals surface area contributed by atoms with E-state index < -0.39 is 12.1 Å². The van der Waals surface area contributed by atoms with Gasteiger partial charge in [0.1, 0.15) is 11.9 Å². The number of nitrogens with one attached hydrogen (secondary N) is 1. The Hall–Kier alpha value is -2.22. The van der Waals surface area contributed by atoms with E-state index in [0.717, 1.165) is 5.01 Å². The fourth-order valence-electron chi connectivity index (χ4n) is 1.40. The molecule has 1 amide bonds. The number of hydrogen-bond acceptors (Lipinski definition) is 6. The van der Waals surface area contributed by atoms with Crippen LogP contribution < -0.4 is 28.4 Å². The molecule has 0 heterocycles. The number of alkyl halides is 1. The Morgan fingerprint density at radius 3 is 2.48 bits per heavy atom. The van der Waals surface area contributed by atoms with Crippen LogP contribution in [-0.4, -0.2) is 30.7 Å². The smallest absolute Gasteiger partial charge is 0.268 e. The summed E-state index contributed by atoms with van der Waals surface area (Å²) in [6.07, 6.45) is 3.88. The third kappa shape index (κ3) is 9.33. The number of amides is 1. The van der Waals surface area contributed by atoms with Crippen molar-refractivity contribution in [2.45, 2.75) is 25.9 Å². The molecule has 0 bridgehead atoms. The van der Waals surface area contributed by atoms with Crippen LogP contribution in [0.1, 0.15) is 19.8 Å². The van der Waals surface area contributed by atoms with Crippen LogP contribution in [-0.2, 0) is 4.79 Å². The minimum atomic E-state index is -1.20. The van der Waals surface area contributed by atoms with Crippen molar-refractivity contribution in [1.29, 1.82) is 0 Å². The lowest BCUT2D eigenvalue weighted by molar-refractivity contribution is -0.117. The number of nitrogens with two attached hydrogens (primary N) is 4. The highest BCUT2D eigenvalue weighted by Gasteiger charge is 2.11.